The molecular weight excluding hydrogens is 363 g/mol. The largest absolute Gasteiger partial charge is 0.486 e. The van der Waals surface area contributed by atoms with E-state index in [2.05, 4.69) is 59.8 Å². The van der Waals surface area contributed by atoms with Gasteiger partial charge in [-0.15, -0.1) is 0 Å². The number of hydrogen-bond acceptors (Lipinski definition) is 3. The molecule has 2 aromatic rings. The highest BCUT2D eigenvalue weighted by Gasteiger charge is 2.08. The lowest BCUT2D eigenvalue weighted by Crippen LogP contribution is -2.01. The lowest BCUT2D eigenvalue weighted by Gasteiger charge is -2.11. The molecular formula is C16H15IN2O. The summed E-state index contributed by atoms with van der Waals surface area (Å²) in [4.78, 5) is 0. The highest BCUT2D eigenvalue weighted by molar-refractivity contribution is 14.1. The van der Waals surface area contributed by atoms with Crippen molar-refractivity contribution in [2.24, 2.45) is 0 Å². The van der Waals surface area contributed by atoms with E-state index in [1.807, 2.05) is 0 Å². The molecule has 0 spiro atoms. The molecule has 0 fully saturated rings. The number of nitriles is 1. The number of nitrogen functional groups attached to an aromatic ring is 1. The molecule has 0 amide bonds. The molecule has 2 aromatic carbocycles. The number of aryl methyl sites for hydroxylation is 1. The van der Waals surface area contributed by atoms with Gasteiger partial charge < -0.3 is 10.5 Å². The second-order valence-electron chi connectivity index (χ2n) is 4.45. The van der Waals surface area contributed by atoms with Crippen molar-refractivity contribution < 1.29 is 4.74 Å². The Bertz CT molecular complexity index is 622. The Labute approximate surface area is 132 Å². The van der Waals surface area contributed by atoms with E-state index in [9.17, 15) is 0 Å². The fraction of sp³-hybridized carbons (Fsp3) is 0.188. The van der Waals surface area contributed by atoms with Gasteiger partial charge in [-0.2, -0.15) is 5.26 Å². The second kappa shape index (κ2) is 6.62. The van der Waals surface area contributed by atoms with Crippen LogP contribution in [0.5, 0.6) is 5.75 Å². The van der Waals surface area contributed by atoms with Crippen LogP contribution in [0, 0.1) is 14.9 Å². The average Bonchev–Trinajstić information content (AvgIpc) is 2.46. The first-order chi connectivity index (χ1) is 9.63. The Hall–Kier alpha value is -1.74. The van der Waals surface area contributed by atoms with Crippen LogP contribution in [0.4, 0.5) is 5.69 Å². The number of benzene rings is 2. The zero-order valence-corrected chi connectivity index (χ0v) is 13.3. The van der Waals surface area contributed by atoms with E-state index in [0.717, 1.165) is 15.6 Å². The van der Waals surface area contributed by atoms with Crippen molar-refractivity contribution in [2.75, 3.05) is 5.73 Å². The predicted octanol–water partition coefficient (Wildman–Crippen LogP) is 3.89. The standard InChI is InChI=1S/C16H15IN2O/c1-2-11-3-5-12(6-4-11)10-20-16-14(17)7-13(9-18)8-15(16)19/h3-8H,2,10,19H2,1H3. The van der Waals surface area contributed by atoms with E-state index >= 15 is 0 Å². The van der Waals surface area contributed by atoms with Crippen molar-refractivity contribution in [1.29, 1.82) is 5.26 Å². The number of halogens is 1. The molecule has 102 valence electrons. The minimum Gasteiger partial charge on any atom is -0.486 e. The summed E-state index contributed by atoms with van der Waals surface area (Å²) in [7, 11) is 0. The molecule has 3 nitrogen and oxygen atoms in total. The maximum atomic E-state index is 8.88. The van der Waals surface area contributed by atoms with E-state index < -0.39 is 0 Å². The van der Waals surface area contributed by atoms with Crippen LogP contribution in [-0.4, -0.2) is 0 Å². The monoisotopic (exact) mass is 378 g/mol. The summed E-state index contributed by atoms with van der Waals surface area (Å²) >= 11 is 2.13. The van der Waals surface area contributed by atoms with Crippen molar-refractivity contribution in [1.82, 2.24) is 0 Å². The minimum atomic E-state index is 0.468. The van der Waals surface area contributed by atoms with Crippen LogP contribution in [0.25, 0.3) is 0 Å². The molecule has 0 aliphatic heterocycles. The SMILES string of the molecule is CCc1ccc(COc2c(N)cc(C#N)cc2I)cc1. The van der Waals surface area contributed by atoms with E-state index in [1.165, 1.54) is 5.56 Å². The molecule has 2 N–H and O–H groups in total. The molecule has 0 bridgehead atoms. The Kier molecular flexibility index (Phi) is 4.85. The van der Waals surface area contributed by atoms with E-state index in [0.29, 0.717) is 23.6 Å². The van der Waals surface area contributed by atoms with E-state index in [4.69, 9.17) is 15.7 Å². The number of ether oxygens (including phenoxy) is 1. The molecule has 2 rings (SSSR count). The molecule has 0 heterocycles. The Morgan fingerprint density at radius 3 is 2.40 bits per heavy atom. The fourth-order valence-corrected chi connectivity index (χ4v) is 2.66. The Morgan fingerprint density at radius 1 is 1.20 bits per heavy atom. The predicted molar refractivity (Wildman–Crippen MR) is 88.4 cm³/mol. The number of anilines is 1. The van der Waals surface area contributed by atoms with Gasteiger partial charge in [0.15, 0.2) is 5.75 Å². The molecule has 4 heteroatoms. The topological polar surface area (TPSA) is 59.0 Å². The Balaban J connectivity index is 2.12. The summed E-state index contributed by atoms with van der Waals surface area (Å²) in [5.74, 6) is 0.643. The summed E-state index contributed by atoms with van der Waals surface area (Å²) in [6.45, 7) is 2.60. The van der Waals surface area contributed by atoms with Crippen molar-refractivity contribution in [3.63, 3.8) is 0 Å². The second-order valence-corrected chi connectivity index (χ2v) is 5.61. The lowest BCUT2D eigenvalue weighted by molar-refractivity contribution is 0.305. The Morgan fingerprint density at radius 2 is 1.85 bits per heavy atom. The summed E-state index contributed by atoms with van der Waals surface area (Å²) in [6, 6.07) is 13.8. The zero-order chi connectivity index (χ0) is 14.5. The van der Waals surface area contributed by atoms with Gasteiger partial charge in [-0.25, -0.2) is 0 Å². The molecule has 0 saturated heterocycles. The van der Waals surface area contributed by atoms with Crippen LogP contribution in [0.1, 0.15) is 23.6 Å². The maximum Gasteiger partial charge on any atom is 0.156 e. The summed E-state index contributed by atoms with van der Waals surface area (Å²) in [6.07, 6.45) is 1.03. The van der Waals surface area contributed by atoms with E-state index in [1.54, 1.807) is 12.1 Å². The summed E-state index contributed by atoms with van der Waals surface area (Å²) in [5.41, 5.74) is 9.38. The van der Waals surface area contributed by atoms with Crippen LogP contribution >= 0.6 is 22.6 Å². The highest BCUT2D eigenvalue weighted by atomic mass is 127. The van der Waals surface area contributed by atoms with Gasteiger partial charge in [0.25, 0.3) is 0 Å². The van der Waals surface area contributed by atoms with Crippen LogP contribution in [-0.2, 0) is 13.0 Å². The van der Waals surface area contributed by atoms with Gasteiger partial charge in [0, 0.05) is 0 Å². The number of hydrogen-bond donors (Lipinski definition) is 1. The third-order valence-corrected chi connectivity index (χ3v) is 3.82. The van der Waals surface area contributed by atoms with Gasteiger partial charge in [-0.3, -0.25) is 0 Å². The van der Waals surface area contributed by atoms with Gasteiger partial charge in [0.05, 0.1) is 20.9 Å². The summed E-state index contributed by atoms with van der Waals surface area (Å²) < 4.78 is 6.64. The molecule has 0 radical (unpaired) electrons. The van der Waals surface area contributed by atoms with Gasteiger partial charge in [0.1, 0.15) is 6.61 Å². The smallest absolute Gasteiger partial charge is 0.156 e. The van der Waals surface area contributed by atoms with Crippen LogP contribution < -0.4 is 10.5 Å². The molecule has 0 aliphatic carbocycles. The third kappa shape index (κ3) is 3.42. The van der Waals surface area contributed by atoms with Crippen molar-refractivity contribution in [2.45, 2.75) is 20.0 Å². The molecule has 0 unspecified atom stereocenters. The number of nitrogens with zero attached hydrogens (tertiary/aromatic N) is 1. The molecule has 0 aromatic heterocycles. The van der Waals surface area contributed by atoms with Crippen LogP contribution in [0.3, 0.4) is 0 Å². The number of rotatable bonds is 4. The van der Waals surface area contributed by atoms with E-state index in [-0.39, 0.29) is 0 Å². The molecule has 0 aliphatic rings. The first-order valence-electron chi connectivity index (χ1n) is 6.33. The average molecular weight is 378 g/mol. The fourth-order valence-electron chi connectivity index (χ4n) is 1.86. The normalized spacial score (nSPS) is 10.1. The summed E-state index contributed by atoms with van der Waals surface area (Å²) in [5, 5.41) is 8.88. The van der Waals surface area contributed by atoms with Gasteiger partial charge in [-0.05, 0) is 52.3 Å². The van der Waals surface area contributed by atoms with Gasteiger partial charge in [-0.1, -0.05) is 31.2 Å². The van der Waals surface area contributed by atoms with Crippen molar-refractivity contribution in [3.8, 4) is 11.8 Å². The lowest BCUT2D eigenvalue weighted by atomic mass is 10.1. The van der Waals surface area contributed by atoms with Crippen molar-refractivity contribution in [3.05, 3.63) is 56.7 Å². The molecule has 0 atom stereocenters. The minimum absolute atomic E-state index is 0.468. The third-order valence-electron chi connectivity index (χ3n) is 3.02. The van der Waals surface area contributed by atoms with Crippen molar-refractivity contribution >= 4 is 28.3 Å². The van der Waals surface area contributed by atoms with Gasteiger partial charge in [0.2, 0.25) is 0 Å². The quantitative estimate of drug-likeness (QED) is 0.649. The zero-order valence-electron chi connectivity index (χ0n) is 11.2. The first-order valence-corrected chi connectivity index (χ1v) is 7.41. The maximum absolute atomic E-state index is 8.88. The highest BCUT2D eigenvalue weighted by Crippen LogP contribution is 2.30. The molecule has 20 heavy (non-hydrogen) atoms. The molecule has 0 saturated carbocycles. The number of nitrogens with two attached hydrogens (primary N) is 1. The first kappa shape index (κ1) is 14.7. The van der Waals surface area contributed by atoms with Gasteiger partial charge >= 0.3 is 0 Å². The van der Waals surface area contributed by atoms with Crippen LogP contribution in [0.2, 0.25) is 0 Å². The van der Waals surface area contributed by atoms with Crippen LogP contribution in [0.15, 0.2) is 36.4 Å².